The van der Waals surface area contributed by atoms with Gasteiger partial charge in [-0.2, -0.15) is 0 Å². The van der Waals surface area contributed by atoms with E-state index in [-0.39, 0.29) is 29.6 Å². The third kappa shape index (κ3) is 3.11. The molecule has 1 saturated heterocycles. The number of rotatable bonds is 3. The van der Waals surface area contributed by atoms with Crippen LogP contribution in [0.4, 0.5) is 4.39 Å². The second-order valence-electron chi connectivity index (χ2n) is 4.13. The van der Waals surface area contributed by atoms with E-state index >= 15 is 0 Å². The molecule has 2 N–H and O–H groups in total. The van der Waals surface area contributed by atoms with Gasteiger partial charge in [0, 0.05) is 23.6 Å². The number of carbonyl (C=O) groups excluding carboxylic acids is 1. The van der Waals surface area contributed by atoms with E-state index in [1.807, 2.05) is 22.6 Å². The summed E-state index contributed by atoms with van der Waals surface area (Å²) in [4.78, 5) is 11.4. The van der Waals surface area contributed by atoms with Crippen LogP contribution in [-0.2, 0) is 4.79 Å². The minimum absolute atomic E-state index is 0.0656. The molecule has 1 heterocycles. The molecule has 0 aliphatic carbocycles. The topological polar surface area (TPSA) is 50.4 Å². The third-order valence-corrected chi connectivity index (χ3v) is 3.51. The molecule has 4 nitrogen and oxygen atoms in total. The van der Waals surface area contributed by atoms with Gasteiger partial charge < -0.3 is 15.4 Å². The minimum atomic E-state index is -0.370. The van der Waals surface area contributed by atoms with Crippen LogP contribution in [-0.4, -0.2) is 31.6 Å². The van der Waals surface area contributed by atoms with Crippen molar-refractivity contribution < 1.29 is 13.9 Å². The SMILES string of the molecule is CNC(=O)[C@H]1C[C@H](Oc2ccc(I)cc2F)CN1. The highest BCUT2D eigenvalue weighted by atomic mass is 127. The summed E-state index contributed by atoms with van der Waals surface area (Å²) in [5, 5.41) is 5.63. The predicted octanol–water partition coefficient (Wildman–Crippen LogP) is 1.29. The minimum Gasteiger partial charge on any atom is -0.486 e. The molecule has 18 heavy (non-hydrogen) atoms. The Labute approximate surface area is 118 Å². The molecule has 2 rings (SSSR count). The van der Waals surface area contributed by atoms with Gasteiger partial charge in [-0.3, -0.25) is 4.79 Å². The van der Waals surface area contributed by atoms with Crippen molar-refractivity contribution in [2.45, 2.75) is 18.6 Å². The van der Waals surface area contributed by atoms with Gasteiger partial charge >= 0.3 is 0 Å². The van der Waals surface area contributed by atoms with Crippen molar-refractivity contribution in [1.29, 1.82) is 0 Å². The quantitative estimate of drug-likeness (QED) is 0.795. The summed E-state index contributed by atoms with van der Waals surface area (Å²) in [6.07, 6.45) is 0.368. The maximum Gasteiger partial charge on any atom is 0.237 e. The highest BCUT2D eigenvalue weighted by Crippen LogP contribution is 2.22. The van der Waals surface area contributed by atoms with E-state index in [4.69, 9.17) is 4.74 Å². The fourth-order valence-corrected chi connectivity index (χ4v) is 2.37. The van der Waals surface area contributed by atoms with Crippen LogP contribution >= 0.6 is 22.6 Å². The van der Waals surface area contributed by atoms with Gasteiger partial charge in [0.05, 0.1) is 6.04 Å². The molecule has 6 heteroatoms. The molecule has 0 saturated carbocycles. The molecule has 0 radical (unpaired) electrons. The van der Waals surface area contributed by atoms with Crippen molar-refractivity contribution in [3.05, 3.63) is 27.6 Å². The average Bonchev–Trinajstić information content (AvgIpc) is 2.80. The predicted molar refractivity (Wildman–Crippen MR) is 74.0 cm³/mol. The molecule has 0 unspecified atom stereocenters. The van der Waals surface area contributed by atoms with Crippen molar-refractivity contribution in [3.8, 4) is 5.75 Å². The number of likely N-dealkylation sites (N-methyl/N-ethyl adjacent to an activating group) is 1. The number of ether oxygens (including phenoxy) is 1. The van der Waals surface area contributed by atoms with Gasteiger partial charge in [-0.25, -0.2) is 4.39 Å². The number of benzene rings is 1. The second kappa shape index (κ2) is 5.83. The first-order valence-electron chi connectivity index (χ1n) is 5.67. The Balaban J connectivity index is 1.97. The van der Waals surface area contributed by atoms with Crippen molar-refractivity contribution in [2.75, 3.05) is 13.6 Å². The largest absolute Gasteiger partial charge is 0.486 e. The molecule has 0 bridgehead atoms. The lowest BCUT2D eigenvalue weighted by Gasteiger charge is -2.13. The Morgan fingerprint density at radius 1 is 1.61 bits per heavy atom. The van der Waals surface area contributed by atoms with Gasteiger partial charge in [0.2, 0.25) is 5.91 Å². The van der Waals surface area contributed by atoms with Gasteiger partial charge in [0.15, 0.2) is 11.6 Å². The van der Waals surface area contributed by atoms with Crippen LogP contribution < -0.4 is 15.4 Å². The highest BCUT2D eigenvalue weighted by molar-refractivity contribution is 14.1. The summed E-state index contributed by atoms with van der Waals surface area (Å²) < 4.78 is 20.0. The summed E-state index contributed by atoms with van der Waals surface area (Å²) in [5.41, 5.74) is 0. The number of carbonyl (C=O) groups is 1. The first-order chi connectivity index (χ1) is 8.60. The van der Waals surface area contributed by atoms with Crippen molar-refractivity contribution in [3.63, 3.8) is 0 Å². The Kier molecular flexibility index (Phi) is 4.39. The van der Waals surface area contributed by atoms with Crippen LogP contribution in [0.15, 0.2) is 18.2 Å². The van der Waals surface area contributed by atoms with Crippen molar-refractivity contribution in [2.24, 2.45) is 0 Å². The molecule has 0 aromatic heterocycles. The van der Waals surface area contributed by atoms with Gasteiger partial charge in [0.25, 0.3) is 0 Å². The number of nitrogens with one attached hydrogen (secondary N) is 2. The van der Waals surface area contributed by atoms with E-state index in [0.717, 1.165) is 3.57 Å². The summed E-state index contributed by atoms with van der Waals surface area (Å²) in [6.45, 7) is 0.545. The molecular formula is C12H14FIN2O2. The summed E-state index contributed by atoms with van der Waals surface area (Å²) >= 11 is 2.04. The monoisotopic (exact) mass is 364 g/mol. The molecule has 1 fully saturated rings. The van der Waals surface area contributed by atoms with Gasteiger partial charge in [-0.05, 0) is 40.8 Å². The van der Waals surface area contributed by atoms with Crippen LogP contribution in [0, 0.1) is 9.39 Å². The Hall–Kier alpha value is -0.890. The standard InChI is InChI=1S/C12H14FIN2O2/c1-15-12(17)10-5-8(6-16-10)18-11-3-2-7(14)4-9(11)13/h2-4,8,10,16H,5-6H2,1H3,(H,15,17)/t8-,10+/m0/s1. The summed E-state index contributed by atoms with van der Waals surface area (Å²) in [5.74, 6) is -0.200. The normalized spacial score (nSPS) is 22.8. The Bertz CT molecular complexity index is 456. The molecule has 2 atom stereocenters. The number of halogens is 2. The zero-order valence-electron chi connectivity index (χ0n) is 9.87. The van der Waals surface area contributed by atoms with Gasteiger partial charge in [0.1, 0.15) is 6.10 Å². The number of hydrogen-bond acceptors (Lipinski definition) is 3. The van der Waals surface area contributed by atoms with Crippen molar-refractivity contribution >= 4 is 28.5 Å². The maximum atomic E-state index is 13.6. The van der Waals surface area contributed by atoms with Crippen LogP contribution in [0.3, 0.4) is 0 Å². The Morgan fingerprint density at radius 2 is 2.39 bits per heavy atom. The molecule has 1 aliphatic rings. The maximum absolute atomic E-state index is 13.6. The zero-order valence-corrected chi connectivity index (χ0v) is 12.0. The fraction of sp³-hybridized carbons (Fsp3) is 0.417. The highest BCUT2D eigenvalue weighted by Gasteiger charge is 2.30. The number of hydrogen-bond donors (Lipinski definition) is 2. The van der Waals surface area contributed by atoms with E-state index in [2.05, 4.69) is 10.6 Å². The molecule has 1 amide bonds. The third-order valence-electron chi connectivity index (χ3n) is 2.84. The lowest BCUT2D eigenvalue weighted by molar-refractivity contribution is -0.122. The zero-order chi connectivity index (χ0) is 13.1. The van der Waals surface area contributed by atoms with E-state index in [1.165, 1.54) is 6.07 Å². The smallest absolute Gasteiger partial charge is 0.237 e. The van der Waals surface area contributed by atoms with E-state index < -0.39 is 0 Å². The van der Waals surface area contributed by atoms with Crippen LogP contribution in [0.2, 0.25) is 0 Å². The Morgan fingerprint density at radius 3 is 3.06 bits per heavy atom. The first kappa shape index (κ1) is 13.5. The number of amides is 1. The van der Waals surface area contributed by atoms with Crippen molar-refractivity contribution in [1.82, 2.24) is 10.6 Å². The molecular weight excluding hydrogens is 350 g/mol. The lowest BCUT2D eigenvalue weighted by atomic mass is 10.2. The second-order valence-corrected chi connectivity index (χ2v) is 5.37. The van der Waals surface area contributed by atoms with Crippen LogP contribution in [0.1, 0.15) is 6.42 Å². The van der Waals surface area contributed by atoms with E-state index in [9.17, 15) is 9.18 Å². The molecule has 1 aromatic rings. The average molecular weight is 364 g/mol. The van der Waals surface area contributed by atoms with Gasteiger partial charge in [-0.1, -0.05) is 0 Å². The molecule has 0 spiro atoms. The molecule has 1 aromatic carbocycles. The van der Waals surface area contributed by atoms with Gasteiger partial charge in [-0.15, -0.1) is 0 Å². The molecule has 98 valence electrons. The summed E-state index contributed by atoms with van der Waals surface area (Å²) in [6, 6.07) is 4.57. The van der Waals surface area contributed by atoms with E-state index in [1.54, 1.807) is 19.2 Å². The lowest BCUT2D eigenvalue weighted by Crippen LogP contribution is -2.38. The van der Waals surface area contributed by atoms with Crippen LogP contribution in [0.25, 0.3) is 0 Å². The molecule has 1 aliphatic heterocycles. The summed E-state index contributed by atoms with van der Waals surface area (Å²) in [7, 11) is 1.59. The van der Waals surface area contributed by atoms with Crippen LogP contribution in [0.5, 0.6) is 5.75 Å². The fourth-order valence-electron chi connectivity index (χ4n) is 1.92. The first-order valence-corrected chi connectivity index (χ1v) is 6.74. The van der Waals surface area contributed by atoms with E-state index in [0.29, 0.717) is 13.0 Å².